The minimum atomic E-state index is -0.811. The van der Waals surface area contributed by atoms with Crippen molar-refractivity contribution in [3.63, 3.8) is 0 Å². The highest BCUT2D eigenvalue weighted by molar-refractivity contribution is 9.10. The Bertz CT molecular complexity index is 1170. The number of carbonyl (C=O) groups excluding carboxylic acids is 5. The van der Waals surface area contributed by atoms with E-state index in [-0.39, 0.29) is 34.9 Å². The van der Waals surface area contributed by atoms with Gasteiger partial charge in [0.15, 0.2) is 6.61 Å². The van der Waals surface area contributed by atoms with Crippen LogP contribution >= 0.6 is 15.9 Å². The molecule has 1 aliphatic carbocycles. The zero-order valence-electron chi connectivity index (χ0n) is 17.8. The molecule has 4 rings (SSSR count). The summed E-state index contributed by atoms with van der Waals surface area (Å²) < 4.78 is 5.81. The number of imide groups is 1. The molecular formula is C24H20BrN3O6. The van der Waals surface area contributed by atoms with Crippen molar-refractivity contribution in [1.82, 2.24) is 10.9 Å². The first-order chi connectivity index (χ1) is 16.3. The van der Waals surface area contributed by atoms with Crippen LogP contribution in [0.2, 0.25) is 0 Å². The monoisotopic (exact) mass is 525 g/mol. The quantitative estimate of drug-likeness (QED) is 0.267. The highest BCUT2D eigenvalue weighted by atomic mass is 79.9. The summed E-state index contributed by atoms with van der Waals surface area (Å²) in [5.74, 6) is -3.42. The average Bonchev–Trinajstić information content (AvgIpc) is 3.11. The van der Waals surface area contributed by atoms with Crippen LogP contribution in [0, 0.1) is 11.8 Å². The summed E-state index contributed by atoms with van der Waals surface area (Å²) in [5, 5.41) is 0. The molecule has 2 aromatic carbocycles. The van der Waals surface area contributed by atoms with Crippen molar-refractivity contribution in [3.05, 3.63) is 76.3 Å². The fourth-order valence-electron chi connectivity index (χ4n) is 3.88. The van der Waals surface area contributed by atoms with Crippen LogP contribution in [0.25, 0.3) is 0 Å². The molecule has 0 unspecified atom stereocenters. The maximum Gasteiger partial charge on any atom is 0.338 e. The maximum atomic E-state index is 12.8. The number of hydrazine groups is 1. The van der Waals surface area contributed by atoms with E-state index in [1.165, 1.54) is 18.2 Å². The summed E-state index contributed by atoms with van der Waals surface area (Å²) >= 11 is 3.27. The van der Waals surface area contributed by atoms with Crippen LogP contribution in [0.4, 0.5) is 5.69 Å². The van der Waals surface area contributed by atoms with Crippen LogP contribution < -0.4 is 15.8 Å². The van der Waals surface area contributed by atoms with E-state index >= 15 is 0 Å². The van der Waals surface area contributed by atoms with Crippen LogP contribution in [-0.2, 0) is 19.1 Å². The number of carbonyl (C=O) groups is 5. The molecule has 1 fully saturated rings. The van der Waals surface area contributed by atoms with E-state index in [9.17, 15) is 24.0 Å². The minimum absolute atomic E-state index is 0.0813. The van der Waals surface area contributed by atoms with Crippen molar-refractivity contribution in [2.75, 3.05) is 11.5 Å². The second-order valence-corrected chi connectivity index (χ2v) is 8.72. The van der Waals surface area contributed by atoms with Crippen LogP contribution in [-0.4, -0.2) is 36.2 Å². The lowest BCUT2D eigenvalue weighted by atomic mass is 9.85. The molecule has 0 radical (unpaired) electrons. The SMILES string of the molecule is O=C(COC(=O)c1cccc(N2C(=O)[C@@H]3CC=CC[C@H]3C2=O)c1)NNC(=O)c1ccc(Br)cc1. The Morgan fingerprint density at radius 1 is 0.912 bits per heavy atom. The molecule has 174 valence electrons. The van der Waals surface area contributed by atoms with Gasteiger partial charge in [0.2, 0.25) is 11.8 Å². The first-order valence-corrected chi connectivity index (χ1v) is 11.3. The van der Waals surface area contributed by atoms with Gasteiger partial charge in [0.25, 0.3) is 11.8 Å². The summed E-state index contributed by atoms with van der Waals surface area (Å²) in [6, 6.07) is 12.4. The average molecular weight is 526 g/mol. The Kier molecular flexibility index (Phi) is 6.87. The van der Waals surface area contributed by atoms with E-state index in [1.54, 1.807) is 30.3 Å². The molecule has 34 heavy (non-hydrogen) atoms. The number of allylic oxidation sites excluding steroid dienone is 2. The number of anilines is 1. The fourth-order valence-corrected chi connectivity index (χ4v) is 4.14. The Hall–Kier alpha value is -3.79. The highest BCUT2D eigenvalue weighted by Crippen LogP contribution is 2.37. The van der Waals surface area contributed by atoms with E-state index < -0.39 is 24.4 Å². The van der Waals surface area contributed by atoms with Crippen LogP contribution in [0.1, 0.15) is 33.6 Å². The summed E-state index contributed by atoms with van der Waals surface area (Å²) in [5.41, 5.74) is 5.09. The normalized spacial score (nSPS) is 18.9. The van der Waals surface area contributed by atoms with Gasteiger partial charge in [-0.25, -0.2) is 4.79 Å². The van der Waals surface area contributed by atoms with E-state index in [2.05, 4.69) is 26.8 Å². The number of fused-ring (bicyclic) bond motifs is 1. The van der Waals surface area contributed by atoms with E-state index in [1.807, 2.05) is 12.2 Å². The molecule has 2 aliphatic rings. The zero-order valence-corrected chi connectivity index (χ0v) is 19.4. The van der Waals surface area contributed by atoms with Crippen molar-refractivity contribution >= 4 is 51.2 Å². The van der Waals surface area contributed by atoms with Gasteiger partial charge in [-0.3, -0.25) is 34.9 Å². The predicted molar refractivity (Wildman–Crippen MR) is 124 cm³/mol. The number of nitrogens with zero attached hydrogens (tertiary/aromatic N) is 1. The second kappa shape index (κ2) is 10.0. The Morgan fingerprint density at radius 2 is 1.56 bits per heavy atom. The number of nitrogens with one attached hydrogen (secondary N) is 2. The van der Waals surface area contributed by atoms with Gasteiger partial charge in [0, 0.05) is 10.0 Å². The molecule has 0 spiro atoms. The first-order valence-electron chi connectivity index (χ1n) is 10.5. The number of rotatable bonds is 5. The lowest BCUT2D eigenvalue weighted by Crippen LogP contribution is -2.43. The van der Waals surface area contributed by atoms with Crippen molar-refractivity contribution < 1.29 is 28.7 Å². The molecule has 10 heteroatoms. The molecule has 1 aliphatic heterocycles. The lowest BCUT2D eigenvalue weighted by molar-refractivity contribution is -0.125. The zero-order chi connectivity index (χ0) is 24.2. The molecule has 1 saturated heterocycles. The summed E-state index contributed by atoms with van der Waals surface area (Å²) in [4.78, 5) is 63.0. The number of hydrogen-bond donors (Lipinski definition) is 2. The minimum Gasteiger partial charge on any atom is -0.452 e. The number of halogens is 1. The van der Waals surface area contributed by atoms with Crippen LogP contribution in [0.3, 0.4) is 0 Å². The molecule has 4 amide bonds. The third-order valence-corrected chi connectivity index (χ3v) is 6.13. The van der Waals surface area contributed by atoms with Gasteiger partial charge in [-0.15, -0.1) is 0 Å². The Morgan fingerprint density at radius 3 is 2.21 bits per heavy atom. The highest BCUT2D eigenvalue weighted by Gasteiger charge is 2.47. The Labute approximate surface area is 203 Å². The van der Waals surface area contributed by atoms with Crippen molar-refractivity contribution in [2.24, 2.45) is 11.8 Å². The Balaban J connectivity index is 1.32. The predicted octanol–water partition coefficient (Wildman–Crippen LogP) is 2.52. The number of amides is 4. The fraction of sp³-hybridized carbons (Fsp3) is 0.208. The van der Waals surface area contributed by atoms with Gasteiger partial charge < -0.3 is 4.74 Å². The van der Waals surface area contributed by atoms with E-state index in [4.69, 9.17) is 4.74 Å². The third-order valence-electron chi connectivity index (χ3n) is 5.60. The number of benzene rings is 2. The lowest BCUT2D eigenvalue weighted by Gasteiger charge is -2.15. The molecule has 0 aromatic heterocycles. The van der Waals surface area contributed by atoms with Gasteiger partial charge in [0.05, 0.1) is 23.1 Å². The number of hydrogen-bond acceptors (Lipinski definition) is 6. The van der Waals surface area contributed by atoms with Gasteiger partial charge in [0.1, 0.15) is 0 Å². The third kappa shape index (κ3) is 4.91. The molecular weight excluding hydrogens is 506 g/mol. The van der Waals surface area contributed by atoms with Gasteiger partial charge in [-0.2, -0.15) is 0 Å². The number of esters is 1. The molecule has 9 nitrogen and oxygen atoms in total. The molecule has 2 N–H and O–H groups in total. The standard InChI is InChI=1S/C24H20BrN3O6/c25-16-10-8-14(9-11-16)21(30)27-26-20(29)13-34-24(33)15-4-3-5-17(12-15)28-22(31)18-6-1-2-7-19(18)23(28)32/h1-5,8-12,18-19H,6-7,13H2,(H,26,29)(H,27,30)/t18-,19-/m1/s1. The molecule has 0 saturated carbocycles. The van der Waals surface area contributed by atoms with Gasteiger partial charge in [-0.05, 0) is 55.3 Å². The molecule has 2 aromatic rings. The van der Waals surface area contributed by atoms with Crippen molar-refractivity contribution in [3.8, 4) is 0 Å². The molecule has 1 heterocycles. The first kappa shape index (κ1) is 23.4. The summed E-state index contributed by atoms with van der Waals surface area (Å²) in [6.07, 6.45) is 4.83. The van der Waals surface area contributed by atoms with Crippen LogP contribution in [0.5, 0.6) is 0 Å². The molecule has 0 bridgehead atoms. The molecule has 2 atom stereocenters. The summed E-state index contributed by atoms with van der Waals surface area (Å²) in [6.45, 7) is -0.638. The smallest absolute Gasteiger partial charge is 0.338 e. The van der Waals surface area contributed by atoms with Crippen molar-refractivity contribution in [2.45, 2.75) is 12.8 Å². The summed E-state index contributed by atoms with van der Waals surface area (Å²) in [7, 11) is 0. The number of ether oxygens (including phenoxy) is 1. The van der Waals surface area contributed by atoms with E-state index in [0.717, 1.165) is 9.37 Å². The topological polar surface area (TPSA) is 122 Å². The largest absolute Gasteiger partial charge is 0.452 e. The van der Waals surface area contributed by atoms with Crippen LogP contribution in [0.15, 0.2) is 65.2 Å². The van der Waals surface area contributed by atoms with Gasteiger partial charge >= 0.3 is 5.97 Å². The van der Waals surface area contributed by atoms with E-state index in [0.29, 0.717) is 18.4 Å². The maximum absolute atomic E-state index is 12.8. The second-order valence-electron chi connectivity index (χ2n) is 7.80. The van der Waals surface area contributed by atoms with Crippen molar-refractivity contribution in [1.29, 1.82) is 0 Å². The van der Waals surface area contributed by atoms with Gasteiger partial charge in [-0.1, -0.05) is 34.1 Å².